The molecule has 0 aromatic rings. The number of Topliss-reactive ketones (excluding diaryl/α,β-unsaturated/α-hetero) is 1. The molecule has 0 bridgehead atoms. The zero-order chi connectivity index (χ0) is 8.36. The van der Waals surface area contributed by atoms with Crippen molar-refractivity contribution in [2.24, 2.45) is 11.1 Å². The lowest BCUT2D eigenvalue weighted by atomic mass is 9.85. The molecule has 0 rings (SSSR count). The molecule has 2 heteroatoms. The number of nitrogens with two attached hydrogens (primary N) is 1. The van der Waals surface area contributed by atoms with Crippen molar-refractivity contribution in [2.45, 2.75) is 40.2 Å². The summed E-state index contributed by atoms with van der Waals surface area (Å²) in [5.74, 6) is 0.169. The van der Waals surface area contributed by atoms with Crippen LogP contribution >= 0.6 is 0 Å². The Kier molecular flexibility index (Phi) is 3.03. The Balaban J connectivity index is 3.85. The highest BCUT2D eigenvalue weighted by Crippen LogP contribution is 2.19. The van der Waals surface area contributed by atoms with Crippen molar-refractivity contribution >= 4 is 5.78 Å². The summed E-state index contributed by atoms with van der Waals surface area (Å²) >= 11 is 0. The molecule has 2 N–H and O–H groups in total. The maximum atomic E-state index is 10.6. The van der Waals surface area contributed by atoms with E-state index in [1.54, 1.807) is 6.92 Å². The largest absolute Gasteiger partial charge is 0.327 e. The molecule has 0 saturated carbocycles. The topological polar surface area (TPSA) is 43.1 Å². The highest BCUT2D eigenvalue weighted by atomic mass is 16.1. The van der Waals surface area contributed by atoms with E-state index in [4.69, 9.17) is 5.73 Å². The minimum absolute atomic E-state index is 0.00926. The molecule has 0 spiro atoms. The maximum Gasteiger partial charge on any atom is 0.131 e. The average Bonchev–Trinajstić information content (AvgIpc) is 1.60. The van der Waals surface area contributed by atoms with Crippen LogP contribution in [0.3, 0.4) is 0 Å². The SMILES string of the molecule is CC(=O)C[C@@H](N)C(C)(C)C. The number of carbonyl (C=O) groups is 1. The van der Waals surface area contributed by atoms with Gasteiger partial charge in [-0.2, -0.15) is 0 Å². The first-order chi connectivity index (χ1) is 4.34. The lowest BCUT2D eigenvalue weighted by Gasteiger charge is -2.25. The van der Waals surface area contributed by atoms with Crippen molar-refractivity contribution in [2.75, 3.05) is 0 Å². The Morgan fingerprint density at radius 1 is 1.50 bits per heavy atom. The molecule has 0 aliphatic carbocycles. The Bertz CT molecular complexity index is 124. The van der Waals surface area contributed by atoms with E-state index in [1.165, 1.54) is 0 Å². The number of rotatable bonds is 2. The van der Waals surface area contributed by atoms with Gasteiger partial charge in [-0.05, 0) is 12.3 Å². The van der Waals surface area contributed by atoms with Gasteiger partial charge in [-0.1, -0.05) is 20.8 Å². The highest BCUT2D eigenvalue weighted by Gasteiger charge is 2.21. The Morgan fingerprint density at radius 2 is 1.90 bits per heavy atom. The van der Waals surface area contributed by atoms with E-state index >= 15 is 0 Å². The molecule has 0 unspecified atom stereocenters. The van der Waals surface area contributed by atoms with E-state index in [2.05, 4.69) is 0 Å². The summed E-state index contributed by atoms with van der Waals surface area (Å²) in [5, 5.41) is 0. The zero-order valence-electron chi connectivity index (χ0n) is 7.27. The van der Waals surface area contributed by atoms with E-state index in [0.29, 0.717) is 6.42 Å². The van der Waals surface area contributed by atoms with Crippen LogP contribution in [-0.2, 0) is 4.79 Å². The number of ketones is 1. The third-order valence-electron chi connectivity index (χ3n) is 1.62. The second kappa shape index (κ2) is 3.15. The van der Waals surface area contributed by atoms with Crippen LogP contribution in [0.1, 0.15) is 34.1 Å². The van der Waals surface area contributed by atoms with Gasteiger partial charge in [-0.25, -0.2) is 0 Å². The van der Waals surface area contributed by atoms with Crippen LogP contribution in [0.15, 0.2) is 0 Å². The molecule has 0 aliphatic rings. The zero-order valence-corrected chi connectivity index (χ0v) is 7.27. The molecule has 0 heterocycles. The van der Waals surface area contributed by atoms with E-state index in [0.717, 1.165) is 0 Å². The molecule has 10 heavy (non-hydrogen) atoms. The Hall–Kier alpha value is -0.370. The van der Waals surface area contributed by atoms with Crippen molar-refractivity contribution in [3.05, 3.63) is 0 Å². The number of hydrogen-bond acceptors (Lipinski definition) is 2. The summed E-state index contributed by atoms with van der Waals surface area (Å²) in [6.07, 6.45) is 0.490. The monoisotopic (exact) mass is 143 g/mol. The van der Waals surface area contributed by atoms with Gasteiger partial charge in [0.15, 0.2) is 0 Å². The van der Waals surface area contributed by atoms with Crippen molar-refractivity contribution < 1.29 is 4.79 Å². The van der Waals surface area contributed by atoms with Gasteiger partial charge in [0.05, 0.1) is 0 Å². The molecule has 0 fully saturated rings. The molecular weight excluding hydrogens is 126 g/mol. The van der Waals surface area contributed by atoms with Gasteiger partial charge < -0.3 is 5.73 Å². The first-order valence-electron chi connectivity index (χ1n) is 3.59. The molecule has 0 radical (unpaired) electrons. The fourth-order valence-electron chi connectivity index (χ4n) is 0.616. The van der Waals surface area contributed by atoms with Gasteiger partial charge in [0, 0.05) is 12.5 Å². The lowest BCUT2D eigenvalue weighted by molar-refractivity contribution is -0.117. The van der Waals surface area contributed by atoms with Crippen molar-refractivity contribution in [1.29, 1.82) is 0 Å². The van der Waals surface area contributed by atoms with Crippen LogP contribution in [0.4, 0.5) is 0 Å². The van der Waals surface area contributed by atoms with Crippen molar-refractivity contribution in [3.8, 4) is 0 Å². The summed E-state index contributed by atoms with van der Waals surface area (Å²) in [6, 6.07) is -0.00926. The average molecular weight is 143 g/mol. The summed E-state index contributed by atoms with van der Waals surface area (Å²) in [6.45, 7) is 7.70. The summed E-state index contributed by atoms with van der Waals surface area (Å²) in [4.78, 5) is 10.6. The lowest BCUT2D eigenvalue weighted by Crippen LogP contribution is -2.36. The predicted octanol–water partition coefficient (Wildman–Crippen LogP) is 1.34. The van der Waals surface area contributed by atoms with Crippen LogP contribution in [0, 0.1) is 5.41 Å². The van der Waals surface area contributed by atoms with E-state index in [9.17, 15) is 4.79 Å². The van der Waals surface area contributed by atoms with Gasteiger partial charge in [0.25, 0.3) is 0 Å². The van der Waals surface area contributed by atoms with E-state index < -0.39 is 0 Å². The summed E-state index contributed by atoms with van der Waals surface area (Å²) in [5.41, 5.74) is 5.78. The fourth-order valence-corrected chi connectivity index (χ4v) is 0.616. The molecule has 0 aromatic carbocycles. The van der Waals surface area contributed by atoms with Crippen molar-refractivity contribution in [3.63, 3.8) is 0 Å². The van der Waals surface area contributed by atoms with Crippen LogP contribution < -0.4 is 5.73 Å². The standard InChI is InChI=1S/C8H17NO/c1-6(10)5-7(9)8(2,3)4/h7H,5,9H2,1-4H3/t7-/m1/s1. The van der Waals surface area contributed by atoms with Gasteiger partial charge in [-0.3, -0.25) is 4.79 Å². The van der Waals surface area contributed by atoms with Gasteiger partial charge in [-0.15, -0.1) is 0 Å². The first kappa shape index (κ1) is 9.63. The second-order valence-electron chi connectivity index (χ2n) is 3.88. The van der Waals surface area contributed by atoms with Crippen molar-refractivity contribution in [1.82, 2.24) is 0 Å². The molecule has 0 amide bonds. The smallest absolute Gasteiger partial charge is 0.131 e. The molecular formula is C8H17NO. The third-order valence-corrected chi connectivity index (χ3v) is 1.62. The molecule has 0 aliphatic heterocycles. The van der Waals surface area contributed by atoms with Crippen LogP contribution in [-0.4, -0.2) is 11.8 Å². The normalized spacial score (nSPS) is 14.9. The van der Waals surface area contributed by atoms with Gasteiger partial charge >= 0.3 is 0 Å². The second-order valence-corrected chi connectivity index (χ2v) is 3.88. The van der Waals surface area contributed by atoms with E-state index in [-0.39, 0.29) is 17.2 Å². The third kappa shape index (κ3) is 3.62. The van der Waals surface area contributed by atoms with E-state index in [1.807, 2.05) is 20.8 Å². The molecule has 0 aromatic heterocycles. The molecule has 2 nitrogen and oxygen atoms in total. The number of hydrogen-bond donors (Lipinski definition) is 1. The minimum Gasteiger partial charge on any atom is -0.327 e. The molecule has 0 saturated heterocycles. The van der Waals surface area contributed by atoms with Crippen LogP contribution in [0.2, 0.25) is 0 Å². The highest BCUT2D eigenvalue weighted by molar-refractivity contribution is 5.76. The summed E-state index contributed by atoms with van der Waals surface area (Å²) in [7, 11) is 0. The quantitative estimate of drug-likeness (QED) is 0.634. The maximum absolute atomic E-state index is 10.6. The Labute approximate surface area is 62.8 Å². The predicted molar refractivity (Wildman–Crippen MR) is 42.7 cm³/mol. The minimum atomic E-state index is -0.00926. The first-order valence-corrected chi connectivity index (χ1v) is 3.59. The van der Waals surface area contributed by atoms with Crippen LogP contribution in [0.5, 0.6) is 0 Å². The molecule has 60 valence electrons. The molecule has 1 atom stereocenters. The van der Waals surface area contributed by atoms with Crippen LogP contribution in [0.25, 0.3) is 0 Å². The van der Waals surface area contributed by atoms with Gasteiger partial charge in [0.2, 0.25) is 0 Å². The fraction of sp³-hybridized carbons (Fsp3) is 0.875. The van der Waals surface area contributed by atoms with Gasteiger partial charge in [0.1, 0.15) is 5.78 Å². The Morgan fingerprint density at radius 3 is 2.00 bits per heavy atom. The summed E-state index contributed by atoms with van der Waals surface area (Å²) < 4.78 is 0. The number of carbonyl (C=O) groups excluding carboxylic acids is 1.